The van der Waals surface area contributed by atoms with Crippen molar-refractivity contribution in [3.63, 3.8) is 0 Å². The maximum atomic E-state index is 12.0. The lowest BCUT2D eigenvalue weighted by molar-refractivity contribution is -0.130. The second kappa shape index (κ2) is 7.18. The van der Waals surface area contributed by atoms with Crippen molar-refractivity contribution in [2.75, 3.05) is 33.3 Å². The van der Waals surface area contributed by atoms with Gasteiger partial charge in [-0.2, -0.15) is 0 Å². The number of hydrogen-bond acceptors (Lipinski definition) is 5. The quantitative estimate of drug-likeness (QED) is 0.829. The molecule has 6 nitrogen and oxygen atoms in total. The van der Waals surface area contributed by atoms with Gasteiger partial charge in [0.15, 0.2) is 0 Å². The minimum absolute atomic E-state index is 0.214. The fraction of sp³-hybridized carbons (Fsp3) is 0.944. The Hall–Kier alpha value is -0.850. The molecule has 2 aliphatic heterocycles. The molecule has 140 valence electrons. The van der Waals surface area contributed by atoms with Gasteiger partial charge >= 0.3 is 6.09 Å². The third-order valence-corrected chi connectivity index (χ3v) is 4.76. The average molecular weight is 342 g/mol. The van der Waals surface area contributed by atoms with Gasteiger partial charge in [0.2, 0.25) is 0 Å². The first kappa shape index (κ1) is 19.5. The molecule has 0 spiro atoms. The van der Waals surface area contributed by atoms with Crippen LogP contribution in [0.3, 0.4) is 0 Å². The van der Waals surface area contributed by atoms with E-state index >= 15 is 0 Å². The monoisotopic (exact) mass is 342 g/mol. The van der Waals surface area contributed by atoms with Crippen LogP contribution in [-0.2, 0) is 9.47 Å². The number of amides is 1. The molecule has 2 fully saturated rings. The standard InChI is InChI=1S/C18H34N2O4/c1-17(2,3)24-16(22)19(6)10-13(21)11-20-12-18(4,5)15(20)14-8-7-9-23-14/h13-15,21H,7-12H2,1-6H3/t13-,14+,15+/m0/s1. The largest absolute Gasteiger partial charge is 0.444 e. The molecule has 24 heavy (non-hydrogen) atoms. The van der Waals surface area contributed by atoms with Crippen LogP contribution in [0.15, 0.2) is 0 Å². The molecule has 2 aliphatic rings. The van der Waals surface area contributed by atoms with E-state index in [1.165, 1.54) is 4.90 Å². The minimum atomic E-state index is -0.595. The molecule has 2 rings (SSSR count). The molecule has 0 unspecified atom stereocenters. The molecule has 2 heterocycles. The van der Waals surface area contributed by atoms with Crippen molar-refractivity contribution in [3.8, 4) is 0 Å². The molecule has 6 heteroatoms. The van der Waals surface area contributed by atoms with Gasteiger partial charge in [-0.25, -0.2) is 4.79 Å². The smallest absolute Gasteiger partial charge is 0.410 e. The second-order valence-corrected chi connectivity index (χ2v) is 8.93. The predicted octanol–water partition coefficient (Wildman–Crippen LogP) is 2.10. The fourth-order valence-corrected chi connectivity index (χ4v) is 3.92. The summed E-state index contributed by atoms with van der Waals surface area (Å²) in [5.41, 5.74) is -0.311. The zero-order valence-corrected chi connectivity index (χ0v) is 16.0. The van der Waals surface area contributed by atoms with E-state index in [-0.39, 0.29) is 18.1 Å². The van der Waals surface area contributed by atoms with Crippen LogP contribution in [0, 0.1) is 5.41 Å². The van der Waals surface area contributed by atoms with Crippen LogP contribution in [0.5, 0.6) is 0 Å². The lowest BCUT2D eigenvalue weighted by Gasteiger charge is -2.57. The number of carbonyl (C=O) groups is 1. The highest BCUT2D eigenvalue weighted by atomic mass is 16.6. The van der Waals surface area contributed by atoms with Gasteiger partial charge in [-0.15, -0.1) is 0 Å². The molecule has 1 N–H and O–H groups in total. The second-order valence-electron chi connectivity index (χ2n) is 8.93. The van der Waals surface area contributed by atoms with Gasteiger partial charge in [0.25, 0.3) is 0 Å². The maximum Gasteiger partial charge on any atom is 0.410 e. The third kappa shape index (κ3) is 4.83. The van der Waals surface area contributed by atoms with Crippen LogP contribution >= 0.6 is 0 Å². The number of rotatable bonds is 5. The number of likely N-dealkylation sites (N-methyl/N-ethyl adjacent to an activating group) is 1. The first-order chi connectivity index (χ1) is 11.0. The molecule has 0 aliphatic carbocycles. The van der Waals surface area contributed by atoms with E-state index in [1.807, 2.05) is 20.8 Å². The van der Waals surface area contributed by atoms with Crippen molar-refractivity contribution < 1.29 is 19.4 Å². The number of carbonyl (C=O) groups excluding carboxylic acids is 1. The van der Waals surface area contributed by atoms with E-state index in [0.717, 1.165) is 26.0 Å². The molecule has 3 atom stereocenters. The summed E-state index contributed by atoms with van der Waals surface area (Å²) in [6.07, 6.45) is 1.49. The first-order valence-electron chi connectivity index (χ1n) is 8.97. The highest BCUT2D eigenvalue weighted by molar-refractivity contribution is 5.67. The number of aliphatic hydroxyl groups is 1. The minimum Gasteiger partial charge on any atom is -0.444 e. The summed E-state index contributed by atoms with van der Waals surface area (Å²) in [5.74, 6) is 0. The van der Waals surface area contributed by atoms with Crippen molar-refractivity contribution in [1.29, 1.82) is 0 Å². The first-order valence-corrected chi connectivity index (χ1v) is 8.97. The highest BCUT2D eigenvalue weighted by Crippen LogP contribution is 2.42. The molecule has 1 amide bonds. The Bertz CT molecular complexity index is 441. The number of β-amino-alcohol motifs (C(OH)–C–C–N with tert-alkyl or cyclic N) is 1. The van der Waals surface area contributed by atoms with Crippen molar-refractivity contribution in [2.45, 2.75) is 71.3 Å². The molecule has 0 aromatic heterocycles. The summed E-state index contributed by atoms with van der Waals surface area (Å²) < 4.78 is 11.2. The molecule has 0 aromatic carbocycles. The lowest BCUT2D eigenvalue weighted by Crippen LogP contribution is -2.68. The Morgan fingerprint density at radius 2 is 2.12 bits per heavy atom. The Labute approximate surface area is 146 Å². The van der Waals surface area contributed by atoms with Crippen LogP contribution in [0.4, 0.5) is 4.79 Å². The summed E-state index contributed by atoms with van der Waals surface area (Å²) in [6.45, 7) is 12.6. The summed E-state index contributed by atoms with van der Waals surface area (Å²) in [6, 6.07) is 0.349. The number of nitrogens with zero attached hydrogens (tertiary/aromatic N) is 2. The van der Waals surface area contributed by atoms with E-state index in [1.54, 1.807) is 7.05 Å². The van der Waals surface area contributed by atoms with Gasteiger partial charge in [-0.3, -0.25) is 4.90 Å². The molecule has 0 saturated carbocycles. The van der Waals surface area contributed by atoms with Crippen LogP contribution in [0.1, 0.15) is 47.5 Å². The molecular formula is C18H34N2O4. The Morgan fingerprint density at radius 3 is 2.62 bits per heavy atom. The van der Waals surface area contributed by atoms with E-state index in [0.29, 0.717) is 12.6 Å². The molecule has 2 saturated heterocycles. The van der Waals surface area contributed by atoms with E-state index in [2.05, 4.69) is 18.7 Å². The Morgan fingerprint density at radius 1 is 1.46 bits per heavy atom. The molecular weight excluding hydrogens is 308 g/mol. The highest BCUT2D eigenvalue weighted by Gasteiger charge is 2.50. The summed E-state index contributed by atoms with van der Waals surface area (Å²) in [4.78, 5) is 15.7. The van der Waals surface area contributed by atoms with Gasteiger partial charge in [-0.05, 0) is 39.0 Å². The van der Waals surface area contributed by atoms with Gasteiger partial charge in [0.1, 0.15) is 5.60 Å². The molecule has 0 aromatic rings. The average Bonchev–Trinajstić information content (AvgIpc) is 2.88. The number of aliphatic hydroxyl groups excluding tert-OH is 1. The normalized spacial score (nSPS) is 28.3. The Balaban J connectivity index is 1.83. The van der Waals surface area contributed by atoms with Crippen LogP contribution in [-0.4, -0.2) is 78.1 Å². The number of hydrogen-bond donors (Lipinski definition) is 1. The summed E-state index contributed by atoms with van der Waals surface area (Å²) in [7, 11) is 1.66. The zero-order chi connectivity index (χ0) is 18.1. The number of ether oxygens (including phenoxy) is 2. The van der Waals surface area contributed by atoms with Gasteiger partial charge in [-0.1, -0.05) is 13.8 Å². The predicted molar refractivity (Wildman–Crippen MR) is 93.0 cm³/mol. The fourth-order valence-electron chi connectivity index (χ4n) is 3.92. The van der Waals surface area contributed by atoms with Gasteiger partial charge in [0.05, 0.1) is 18.8 Å². The van der Waals surface area contributed by atoms with E-state index in [9.17, 15) is 9.90 Å². The van der Waals surface area contributed by atoms with E-state index in [4.69, 9.17) is 9.47 Å². The summed E-state index contributed by atoms with van der Waals surface area (Å²) >= 11 is 0. The maximum absolute atomic E-state index is 12.0. The SMILES string of the molecule is CN(C[C@H](O)CN1CC(C)(C)[C@H]1[C@H]1CCCO1)C(=O)OC(C)(C)C. The van der Waals surface area contributed by atoms with Crippen molar-refractivity contribution >= 4 is 6.09 Å². The topological polar surface area (TPSA) is 62.2 Å². The van der Waals surface area contributed by atoms with Crippen LogP contribution in [0.2, 0.25) is 0 Å². The Kier molecular flexibility index (Phi) is 5.83. The number of likely N-dealkylation sites (tertiary alicyclic amines) is 1. The van der Waals surface area contributed by atoms with Crippen LogP contribution in [0.25, 0.3) is 0 Å². The van der Waals surface area contributed by atoms with E-state index < -0.39 is 17.8 Å². The third-order valence-electron chi connectivity index (χ3n) is 4.76. The van der Waals surface area contributed by atoms with Crippen LogP contribution < -0.4 is 0 Å². The summed E-state index contributed by atoms with van der Waals surface area (Å²) in [5, 5.41) is 10.4. The zero-order valence-electron chi connectivity index (χ0n) is 16.0. The van der Waals surface area contributed by atoms with Gasteiger partial charge in [0, 0.05) is 32.8 Å². The van der Waals surface area contributed by atoms with Crippen molar-refractivity contribution in [1.82, 2.24) is 9.80 Å². The molecule has 0 bridgehead atoms. The molecule has 0 radical (unpaired) electrons. The van der Waals surface area contributed by atoms with Crippen molar-refractivity contribution in [3.05, 3.63) is 0 Å². The van der Waals surface area contributed by atoms with Crippen molar-refractivity contribution in [2.24, 2.45) is 5.41 Å². The van der Waals surface area contributed by atoms with Gasteiger partial charge < -0.3 is 19.5 Å². The lowest BCUT2D eigenvalue weighted by atomic mass is 9.71.